The van der Waals surface area contributed by atoms with E-state index in [1.807, 2.05) is 18.2 Å². The van der Waals surface area contributed by atoms with Crippen LogP contribution < -0.4 is 0 Å². The lowest BCUT2D eigenvalue weighted by Crippen LogP contribution is -2.13. The third kappa shape index (κ3) is 2.35. The smallest absolute Gasteiger partial charge is 0.313 e. The summed E-state index contributed by atoms with van der Waals surface area (Å²) in [6.45, 7) is 3.95. The molecule has 0 bridgehead atoms. The summed E-state index contributed by atoms with van der Waals surface area (Å²) in [7, 11) is 0. The number of ether oxygens (including phenoxy) is 1. The van der Waals surface area contributed by atoms with Gasteiger partial charge in [-0.2, -0.15) is 0 Å². The SMILES string of the molecule is CCOC(=O)C(C)c1cccc2cc(F)ccc12. The molecule has 2 aromatic rings. The summed E-state index contributed by atoms with van der Waals surface area (Å²) in [6, 6.07) is 10.1. The Hall–Kier alpha value is -1.90. The van der Waals surface area contributed by atoms with Gasteiger partial charge < -0.3 is 4.74 Å². The van der Waals surface area contributed by atoms with Gasteiger partial charge in [0.2, 0.25) is 0 Å². The third-order valence-corrected chi connectivity index (χ3v) is 2.98. The fourth-order valence-electron chi connectivity index (χ4n) is 2.05. The first-order chi connectivity index (χ1) is 8.63. The summed E-state index contributed by atoms with van der Waals surface area (Å²) in [5.74, 6) is -0.878. The summed E-state index contributed by atoms with van der Waals surface area (Å²) in [5.41, 5.74) is 0.867. The second kappa shape index (κ2) is 5.17. The lowest BCUT2D eigenvalue weighted by atomic mass is 9.95. The highest BCUT2D eigenvalue weighted by molar-refractivity contribution is 5.91. The first-order valence-corrected chi connectivity index (χ1v) is 5.98. The second-order valence-electron chi connectivity index (χ2n) is 4.19. The van der Waals surface area contributed by atoms with Crippen LogP contribution >= 0.6 is 0 Å². The third-order valence-electron chi connectivity index (χ3n) is 2.98. The molecule has 0 fully saturated rings. The van der Waals surface area contributed by atoms with Crippen LogP contribution in [0.5, 0.6) is 0 Å². The van der Waals surface area contributed by atoms with Crippen molar-refractivity contribution in [1.29, 1.82) is 0 Å². The average Bonchev–Trinajstić information content (AvgIpc) is 2.37. The van der Waals surface area contributed by atoms with Gasteiger partial charge in [-0.1, -0.05) is 24.3 Å². The van der Waals surface area contributed by atoms with E-state index in [-0.39, 0.29) is 17.7 Å². The van der Waals surface area contributed by atoms with E-state index in [0.717, 1.165) is 16.3 Å². The van der Waals surface area contributed by atoms with Gasteiger partial charge in [0.1, 0.15) is 5.82 Å². The van der Waals surface area contributed by atoms with Gasteiger partial charge in [-0.05, 0) is 42.3 Å². The largest absolute Gasteiger partial charge is 0.466 e. The van der Waals surface area contributed by atoms with Gasteiger partial charge in [-0.25, -0.2) is 4.39 Å². The first kappa shape index (κ1) is 12.6. The van der Waals surface area contributed by atoms with Crippen LogP contribution in [0.1, 0.15) is 25.3 Å². The Morgan fingerprint density at radius 2 is 2.11 bits per heavy atom. The maximum atomic E-state index is 13.2. The molecular formula is C15H15FO2. The van der Waals surface area contributed by atoms with E-state index in [4.69, 9.17) is 4.74 Å². The minimum atomic E-state index is -0.348. The van der Waals surface area contributed by atoms with E-state index in [0.29, 0.717) is 6.61 Å². The number of rotatable bonds is 3. The predicted octanol–water partition coefficient (Wildman–Crippen LogP) is 3.65. The van der Waals surface area contributed by atoms with Crippen LogP contribution in [-0.4, -0.2) is 12.6 Å². The number of carbonyl (C=O) groups is 1. The Kier molecular flexibility index (Phi) is 3.60. The van der Waals surface area contributed by atoms with Crippen molar-refractivity contribution < 1.29 is 13.9 Å². The molecule has 0 aromatic heterocycles. The fourth-order valence-corrected chi connectivity index (χ4v) is 2.05. The maximum Gasteiger partial charge on any atom is 0.313 e. The number of halogens is 1. The summed E-state index contributed by atoms with van der Waals surface area (Å²) < 4.78 is 18.2. The molecule has 2 aromatic carbocycles. The Bertz CT molecular complexity index is 578. The zero-order chi connectivity index (χ0) is 13.1. The lowest BCUT2D eigenvalue weighted by molar-refractivity contribution is -0.144. The first-order valence-electron chi connectivity index (χ1n) is 5.98. The van der Waals surface area contributed by atoms with Gasteiger partial charge in [0.25, 0.3) is 0 Å². The number of carbonyl (C=O) groups excluding carboxylic acids is 1. The summed E-state index contributed by atoms with van der Waals surface area (Å²) in [4.78, 5) is 11.8. The van der Waals surface area contributed by atoms with Crippen LogP contribution in [0.4, 0.5) is 4.39 Å². The number of hydrogen-bond donors (Lipinski definition) is 0. The van der Waals surface area contributed by atoms with Crippen molar-refractivity contribution in [3.05, 3.63) is 47.8 Å². The van der Waals surface area contributed by atoms with E-state index < -0.39 is 0 Å². The number of hydrogen-bond acceptors (Lipinski definition) is 2. The topological polar surface area (TPSA) is 26.3 Å². The van der Waals surface area contributed by atoms with E-state index >= 15 is 0 Å². The van der Waals surface area contributed by atoms with Crippen molar-refractivity contribution in [3.8, 4) is 0 Å². The van der Waals surface area contributed by atoms with E-state index in [9.17, 15) is 9.18 Å². The van der Waals surface area contributed by atoms with Crippen LogP contribution in [0, 0.1) is 5.82 Å². The van der Waals surface area contributed by atoms with Crippen molar-refractivity contribution in [2.75, 3.05) is 6.61 Å². The van der Waals surface area contributed by atoms with Gasteiger partial charge in [0, 0.05) is 0 Å². The number of fused-ring (bicyclic) bond motifs is 1. The number of benzene rings is 2. The van der Waals surface area contributed by atoms with Crippen molar-refractivity contribution in [2.45, 2.75) is 19.8 Å². The zero-order valence-corrected chi connectivity index (χ0v) is 10.4. The van der Waals surface area contributed by atoms with Crippen molar-refractivity contribution in [3.63, 3.8) is 0 Å². The standard InChI is InChI=1S/C15H15FO2/c1-3-18-15(17)10(2)13-6-4-5-11-9-12(16)7-8-14(11)13/h4-10H,3H2,1-2H3. The molecular weight excluding hydrogens is 231 g/mol. The summed E-state index contributed by atoms with van der Waals surface area (Å²) in [5, 5.41) is 1.68. The molecule has 18 heavy (non-hydrogen) atoms. The highest BCUT2D eigenvalue weighted by atomic mass is 19.1. The highest BCUT2D eigenvalue weighted by Crippen LogP contribution is 2.27. The second-order valence-corrected chi connectivity index (χ2v) is 4.19. The normalized spacial score (nSPS) is 12.4. The van der Waals surface area contributed by atoms with Crippen molar-refractivity contribution in [1.82, 2.24) is 0 Å². The van der Waals surface area contributed by atoms with Crippen LogP contribution in [0.15, 0.2) is 36.4 Å². The molecule has 94 valence electrons. The summed E-state index contributed by atoms with van der Waals surface area (Å²) >= 11 is 0. The van der Waals surface area contributed by atoms with E-state index in [1.54, 1.807) is 19.9 Å². The van der Waals surface area contributed by atoms with E-state index in [1.165, 1.54) is 12.1 Å². The molecule has 2 rings (SSSR count). The van der Waals surface area contributed by atoms with Gasteiger partial charge in [0.05, 0.1) is 12.5 Å². The van der Waals surface area contributed by atoms with Crippen molar-refractivity contribution in [2.24, 2.45) is 0 Å². The van der Waals surface area contributed by atoms with Gasteiger partial charge in [-0.3, -0.25) is 4.79 Å². The molecule has 1 unspecified atom stereocenters. The van der Waals surface area contributed by atoms with Crippen LogP contribution in [-0.2, 0) is 9.53 Å². The molecule has 0 aliphatic carbocycles. The monoisotopic (exact) mass is 246 g/mol. The Morgan fingerprint density at radius 1 is 1.33 bits per heavy atom. The van der Waals surface area contributed by atoms with Crippen LogP contribution in [0.2, 0.25) is 0 Å². The fraction of sp³-hybridized carbons (Fsp3) is 0.267. The molecule has 2 nitrogen and oxygen atoms in total. The Morgan fingerprint density at radius 3 is 2.83 bits per heavy atom. The molecule has 0 amide bonds. The maximum absolute atomic E-state index is 13.2. The molecule has 0 aliphatic rings. The minimum absolute atomic E-state index is 0.255. The number of esters is 1. The summed E-state index contributed by atoms with van der Waals surface area (Å²) in [6.07, 6.45) is 0. The molecule has 0 radical (unpaired) electrons. The lowest BCUT2D eigenvalue weighted by Gasteiger charge is -2.13. The van der Waals surface area contributed by atoms with Crippen LogP contribution in [0.25, 0.3) is 10.8 Å². The van der Waals surface area contributed by atoms with Gasteiger partial charge in [0.15, 0.2) is 0 Å². The van der Waals surface area contributed by atoms with Gasteiger partial charge in [-0.15, -0.1) is 0 Å². The average molecular weight is 246 g/mol. The van der Waals surface area contributed by atoms with Crippen LogP contribution in [0.3, 0.4) is 0 Å². The Labute approximate surface area is 105 Å². The van der Waals surface area contributed by atoms with Gasteiger partial charge >= 0.3 is 5.97 Å². The quantitative estimate of drug-likeness (QED) is 0.773. The molecule has 0 saturated carbocycles. The molecule has 0 saturated heterocycles. The predicted molar refractivity (Wildman–Crippen MR) is 69.0 cm³/mol. The highest BCUT2D eigenvalue weighted by Gasteiger charge is 2.18. The van der Waals surface area contributed by atoms with E-state index in [2.05, 4.69) is 0 Å². The zero-order valence-electron chi connectivity index (χ0n) is 10.4. The molecule has 0 aliphatic heterocycles. The molecule has 0 heterocycles. The minimum Gasteiger partial charge on any atom is -0.466 e. The Balaban J connectivity index is 2.47. The molecule has 1 atom stereocenters. The molecule has 0 spiro atoms. The van der Waals surface area contributed by atoms with Crippen molar-refractivity contribution >= 4 is 16.7 Å². The molecule has 0 N–H and O–H groups in total. The molecule has 3 heteroatoms.